The molecule has 1 heterocycles. The number of nitrogens with one attached hydrogen (secondary N) is 1. The second-order valence-corrected chi connectivity index (χ2v) is 6.20. The van der Waals surface area contributed by atoms with Crippen molar-refractivity contribution >= 4 is 0 Å². The second-order valence-electron chi connectivity index (χ2n) is 6.20. The number of aliphatic hydroxyl groups is 1. The molecular formula is C20H17N3O. The van der Waals surface area contributed by atoms with Crippen LogP contribution in [0.3, 0.4) is 0 Å². The molecule has 0 saturated heterocycles. The van der Waals surface area contributed by atoms with Gasteiger partial charge in [0, 0.05) is 11.5 Å². The predicted octanol–water partition coefficient (Wildman–Crippen LogP) is 3.81. The van der Waals surface area contributed by atoms with Crippen molar-refractivity contribution < 1.29 is 5.11 Å². The van der Waals surface area contributed by atoms with Crippen molar-refractivity contribution in [2.75, 3.05) is 0 Å². The molecule has 4 heteroatoms. The Bertz CT molecular complexity index is 865. The first-order valence-corrected chi connectivity index (χ1v) is 8.04. The summed E-state index contributed by atoms with van der Waals surface area (Å²) in [5.41, 5.74) is 5.62. The molecule has 24 heavy (non-hydrogen) atoms. The van der Waals surface area contributed by atoms with E-state index in [9.17, 15) is 0 Å². The van der Waals surface area contributed by atoms with E-state index in [4.69, 9.17) is 5.11 Å². The van der Waals surface area contributed by atoms with E-state index < -0.39 is 0 Å². The second kappa shape index (κ2) is 6.21. The van der Waals surface area contributed by atoms with E-state index in [0.717, 1.165) is 29.7 Å². The number of hydrogen-bond acceptors (Lipinski definition) is 3. The summed E-state index contributed by atoms with van der Waals surface area (Å²) in [5, 5.41) is 19.4. The van der Waals surface area contributed by atoms with E-state index in [1.54, 1.807) is 0 Å². The molecule has 1 aliphatic carbocycles. The third-order valence-corrected chi connectivity index (χ3v) is 4.79. The van der Waals surface area contributed by atoms with Gasteiger partial charge in [-0.25, -0.2) is 0 Å². The molecule has 4 rings (SSSR count). The molecule has 0 aliphatic heterocycles. The molecule has 2 N–H and O–H groups in total. The van der Waals surface area contributed by atoms with E-state index in [0.29, 0.717) is 11.8 Å². The molecule has 1 fully saturated rings. The molecule has 3 aromatic rings. The van der Waals surface area contributed by atoms with Crippen LogP contribution in [0, 0.1) is 12.0 Å². The molecule has 0 unspecified atom stereocenters. The summed E-state index contributed by atoms with van der Waals surface area (Å²) in [4.78, 5) is 0. The Morgan fingerprint density at radius 3 is 2.17 bits per heavy atom. The molecule has 0 radical (unpaired) electrons. The zero-order valence-electron chi connectivity index (χ0n) is 13.1. The lowest BCUT2D eigenvalue weighted by atomic mass is 9.70. The molecule has 0 spiro atoms. The number of aromatic amines is 1. The zero-order chi connectivity index (χ0) is 16.4. The summed E-state index contributed by atoms with van der Waals surface area (Å²) in [6.07, 6.45) is 6.04. The molecule has 118 valence electrons. The van der Waals surface area contributed by atoms with Crippen LogP contribution in [0.25, 0.3) is 11.1 Å². The number of H-pyrrole nitrogens is 1. The molecule has 0 atom stereocenters. The lowest BCUT2D eigenvalue weighted by Gasteiger charge is -2.34. The highest BCUT2D eigenvalue weighted by Crippen LogP contribution is 2.46. The fourth-order valence-electron chi connectivity index (χ4n) is 3.30. The summed E-state index contributed by atoms with van der Waals surface area (Å²) < 4.78 is 0. The Hall–Kier alpha value is -3.06. The van der Waals surface area contributed by atoms with E-state index in [1.807, 2.05) is 36.6 Å². The number of aromatic nitrogens is 3. The number of hydrogen-bond donors (Lipinski definition) is 2. The quantitative estimate of drug-likeness (QED) is 0.722. The van der Waals surface area contributed by atoms with Crippen molar-refractivity contribution in [3.63, 3.8) is 0 Å². The van der Waals surface area contributed by atoms with Crippen LogP contribution in [-0.4, -0.2) is 20.5 Å². The maximum absolute atomic E-state index is 8.63. The minimum absolute atomic E-state index is 0.536. The first-order valence-electron chi connectivity index (χ1n) is 8.04. The number of nitrogens with zero attached hydrogens (tertiary/aromatic N) is 2. The molecule has 0 bridgehead atoms. The van der Waals surface area contributed by atoms with Crippen LogP contribution in [0.2, 0.25) is 0 Å². The summed E-state index contributed by atoms with van der Waals surface area (Å²) in [6.45, 7) is 0. The lowest BCUT2D eigenvalue weighted by Crippen LogP contribution is -2.20. The van der Waals surface area contributed by atoms with Crippen LogP contribution < -0.4 is 0 Å². The van der Waals surface area contributed by atoms with Crippen molar-refractivity contribution in [1.29, 1.82) is 0 Å². The van der Waals surface area contributed by atoms with Gasteiger partial charge in [-0.3, -0.25) is 0 Å². The largest absolute Gasteiger partial charge is 0.462 e. The lowest BCUT2D eigenvalue weighted by molar-refractivity contribution is 0.345. The Balaban J connectivity index is 1.44. The van der Waals surface area contributed by atoms with Crippen molar-refractivity contribution in [1.82, 2.24) is 15.4 Å². The Morgan fingerprint density at radius 1 is 0.917 bits per heavy atom. The fourth-order valence-corrected chi connectivity index (χ4v) is 3.30. The average Bonchev–Trinajstić information content (AvgIpc) is 3.09. The van der Waals surface area contributed by atoms with Gasteiger partial charge >= 0.3 is 0 Å². The predicted molar refractivity (Wildman–Crippen MR) is 91.8 cm³/mol. The fraction of sp³-hybridized carbons (Fsp3) is 0.200. The van der Waals surface area contributed by atoms with Crippen LogP contribution >= 0.6 is 0 Å². The zero-order valence-corrected chi connectivity index (χ0v) is 13.1. The molecule has 2 aromatic carbocycles. The summed E-state index contributed by atoms with van der Waals surface area (Å²) in [5.74, 6) is 3.78. The third kappa shape index (κ3) is 2.77. The highest BCUT2D eigenvalue weighted by atomic mass is 16.2. The van der Waals surface area contributed by atoms with E-state index >= 15 is 0 Å². The highest BCUT2D eigenvalue weighted by Gasteiger charge is 2.32. The number of benzene rings is 2. The Morgan fingerprint density at radius 2 is 1.58 bits per heavy atom. The maximum Gasteiger partial charge on any atom is 0.113 e. The normalized spacial score (nSPS) is 19.2. The van der Waals surface area contributed by atoms with Crippen LogP contribution in [0.1, 0.15) is 41.5 Å². The summed E-state index contributed by atoms with van der Waals surface area (Å²) in [6, 6.07) is 16.7. The van der Waals surface area contributed by atoms with Gasteiger partial charge in [-0.1, -0.05) is 36.4 Å². The van der Waals surface area contributed by atoms with Gasteiger partial charge in [0.25, 0.3) is 0 Å². The van der Waals surface area contributed by atoms with Crippen LogP contribution in [0.4, 0.5) is 0 Å². The Labute approximate surface area is 140 Å². The van der Waals surface area contributed by atoms with Gasteiger partial charge in [-0.15, -0.1) is 0 Å². The molecule has 1 aliphatic rings. The first kappa shape index (κ1) is 14.5. The average molecular weight is 315 g/mol. The van der Waals surface area contributed by atoms with Crippen LogP contribution in [-0.2, 0) is 0 Å². The van der Waals surface area contributed by atoms with E-state index in [2.05, 4.69) is 45.6 Å². The molecule has 4 nitrogen and oxygen atoms in total. The SMILES string of the molecule is OC#Cc1ccc(-c2ccc(C3CC(c4cn[nH]n4)C3)cc2)cc1. The maximum atomic E-state index is 8.63. The van der Waals surface area contributed by atoms with E-state index in [1.165, 1.54) is 11.1 Å². The number of aliphatic hydroxyl groups excluding tert-OH is 1. The molecule has 0 amide bonds. The van der Waals surface area contributed by atoms with E-state index in [-0.39, 0.29) is 0 Å². The summed E-state index contributed by atoms with van der Waals surface area (Å²) in [7, 11) is 0. The van der Waals surface area contributed by atoms with Gasteiger partial charge in [-0.05, 0) is 53.5 Å². The topological polar surface area (TPSA) is 61.8 Å². The van der Waals surface area contributed by atoms with Gasteiger partial charge in [0.15, 0.2) is 0 Å². The van der Waals surface area contributed by atoms with Crippen molar-refractivity contribution in [3.05, 3.63) is 71.5 Å². The number of rotatable bonds is 3. The van der Waals surface area contributed by atoms with Crippen LogP contribution in [0.15, 0.2) is 54.7 Å². The Kier molecular flexibility index (Phi) is 3.76. The molecule has 1 saturated carbocycles. The minimum atomic E-state index is 0.536. The standard InChI is InChI=1S/C20H17N3O/c24-10-9-14-1-3-15(4-2-14)16-5-7-17(8-6-16)18-11-19(12-18)20-13-21-23-22-20/h1-8,13,18-19,24H,11-12H2,(H,21,22,23). The van der Waals surface area contributed by atoms with Crippen molar-refractivity contribution in [2.24, 2.45) is 0 Å². The van der Waals surface area contributed by atoms with Gasteiger partial charge < -0.3 is 5.11 Å². The highest BCUT2D eigenvalue weighted by molar-refractivity contribution is 5.64. The molecule has 1 aromatic heterocycles. The minimum Gasteiger partial charge on any atom is -0.462 e. The van der Waals surface area contributed by atoms with Gasteiger partial charge in [0.1, 0.15) is 6.11 Å². The smallest absolute Gasteiger partial charge is 0.113 e. The summed E-state index contributed by atoms with van der Waals surface area (Å²) >= 11 is 0. The molecular weight excluding hydrogens is 298 g/mol. The van der Waals surface area contributed by atoms with Crippen molar-refractivity contribution in [3.8, 4) is 23.2 Å². The van der Waals surface area contributed by atoms with Crippen molar-refractivity contribution in [2.45, 2.75) is 24.7 Å². The van der Waals surface area contributed by atoms with Gasteiger partial charge in [0.2, 0.25) is 0 Å². The van der Waals surface area contributed by atoms with Gasteiger partial charge in [-0.2, -0.15) is 15.4 Å². The van der Waals surface area contributed by atoms with Crippen LogP contribution in [0.5, 0.6) is 0 Å². The van der Waals surface area contributed by atoms with Gasteiger partial charge in [0.05, 0.1) is 11.9 Å². The monoisotopic (exact) mass is 315 g/mol. The first-order chi connectivity index (χ1) is 11.8. The third-order valence-electron chi connectivity index (χ3n) is 4.79.